The maximum Gasteiger partial charge on any atom is 0.316 e. The minimum Gasteiger partial charge on any atom is -0.426 e. The second kappa shape index (κ2) is 8.72. The number of imide groups is 1. The second-order valence-corrected chi connectivity index (χ2v) is 9.45. The van der Waals surface area contributed by atoms with E-state index in [2.05, 4.69) is 0 Å². The summed E-state index contributed by atoms with van der Waals surface area (Å²) in [4.78, 5) is 54.0. The molecular formula is C26H23ClN2O5. The van der Waals surface area contributed by atoms with Crippen LogP contribution in [0.15, 0.2) is 60.2 Å². The largest absolute Gasteiger partial charge is 0.426 e. The summed E-state index contributed by atoms with van der Waals surface area (Å²) in [7, 11) is 0. The summed E-state index contributed by atoms with van der Waals surface area (Å²) in [6.45, 7) is 2.18. The van der Waals surface area contributed by atoms with Crippen LogP contribution in [-0.2, 0) is 19.2 Å². The topological polar surface area (TPSA) is 84.0 Å². The minimum absolute atomic E-state index is 0.0416. The molecule has 2 aromatic rings. The summed E-state index contributed by atoms with van der Waals surface area (Å²) in [5.41, 5.74) is 2.17. The molecule has 3 atom stereocenters. The molecule has 2 heterocycles. The van der Waals surface area contributed by atoms with Gasteiger partial charge in [-0.25, -0.2) is 4.90 Å². The van der Waals surface area contributed by atoms with Gasteiger partial charge in [0.05, 0.1) is 23.4 Å². The number of anilines is 2. The Morgan fingerprint density at radius 2 is 1.71 bits per heavy atom. The lowest BCUT2D eigenvalue weighted by atomic mass is 9.82. The van der Waals surface area contributed by atoms with Crippen LogP contribution in [0.2, 0.25) is 5.02 Å². The monoisotopic (exact) mass is 478 g/mol. The van der Waals surface area contributed by atoms with E-state index in [9.17, 15) is 19.2 Å². The molecule has 8 heteroatoms. The van der Waals surface area contributed by atoms with Crippen LogP contribution in [0.4, 0.5) is 11.4 Å². The highest BCUT2D eigenvalue weighted by atomic mass is 35.5. The van der Waals surface area contributed by atoms with Gasteiger partial charge in [0.2, 0.25) is 17.7 Å². The number of hydrogen-bond donors (Lipinski definition) is 0. The van der Waals surface area contributed by atoms with Crippen LogP contribution >= 0.6 is 11.6 Å². The first-order chi connectivity index (χ1) is 16.3. The molecule has 2 aliphatic heterocycles. The van der Waals surface area contributed by atoms with E-state index >= 15 is 0 Å². The zero-order valence-corrected chi connectivity index (χ0v) is 19.3. The molecule has 0 aromatic heterocycles. The van der Waals surface area contributed by atoms with Crippen molar-refractivity contribution < 1.29 is 23.9 Å². The molecule has 34 heavy (non-hydrogen) atoms. The van der Waals surface area contributed by atoms with Crippen molar-refractivity contribution in [3.63, 3.8) is 0 Å². The van der Waals surface area contributed by atoms with Crippen molar-refractivity contribution >= 4 is 46.7 Å². The van der Waals surface area contributed by atoms with Crippen molar-refractivity contribution in [3.05, 3.63) is 65.2 Å². The summed E-state index contributed by atoms with van der Waals surface area (Å²) in [5.74, 6) is -2.22. The summed E-state index contributed by atoms with van der Waals surface area (Å²) < 4.78 is 5.56. The van der Waals surface area contributed by atoms with E-state index in [1.54, 1.807) is 42.5 Å². The molecule has 0 bridgehead atoms. The van der Waals surface area contributed by atoms with Crippen molar-refractivity contribution in [2.24, 2.45) is 17.8 Å². The molecule has 3 aliphatic rings. The fraction of sp³-hybridized carbons (Fsp3) is 0.308. The van der Waals surface area contributed by atoms with E-state index in [4.69, 9.17) is 16.3 Å². The van der Waals surface area contributed by atoms with E-state index in [1.807, 2.05) is 13.0 Å². The van der Waals surface area contributed by atoms with Crippen LogP contribution < -0.4 is 14.5 Å². The highest BCUT2D eigenvalue weighted by molar-refractivity contribution is 6.30. The Bertz CT molecular complexity index is 1220. The van der Waals surface area contributed by atoms with Crippen LogP contribution in [0.5, 0.6) is 5.75 Å². The highest BCUT2D eigenvalue weighted by Gasteiger charge is 2.48. The van der Waals surface area contributed by atoms with Crippen molar-refractivity contribution in [1.82, 2.24) is 0 Å². The predicted molar refractivity (Wildman–Crippen MR) is 126 cm³/mol. The number of esters is 1. The average molecular weight is 479 g/mol. The van der Waals surface area contributed by atoms with E-state index in [0.717, 1.165) is 5.57 Å². The number of benzene rings is 2. The summed E-state index contributed by atoms with van der Waals surface area (Å²) in [6, 6.07) is 13.3. The van der Waals surface area contributed by atoms with Gasteiger partial charge in [0.25, 0.3) is 0 Å². The van der Waals surface area contributed by atoms with E-state index in [0.29, 0.717) is 29.2 Å². The van der Waals surface area contributed by atoms with Gasteiger partial charge >= 0.3 is 5.97 Å². The highest BCUT2D eigenvalue weighted by Crippen LogP contribution is 2.40. The number of rotatable bonds is 4. The molecule has 0 spiro atoms. The number of hydrogen-bond acceptors (Lipinski definition) is 5. The third kappa shape index (κ3) is 4.01. The molecule has 2 aromatic carbocycles. The number of halogens is 1. The zero-order chi connectivity index (χ0) is 24.0. The quantitative estimate of drug-likeness (QED) is 0.285. The second-order valence-electron chi connectivity index (χ2n) is 9.02. The van der Waals surface area contributed by atoms with Gasteiger partial charge in [0.1, 0.15) is 5.75 Å². The first kappa shape index (κ1) is 22.3. The van der Waals surface area contributed by atoms with E-state index in [1.165, 1.54) is 15.9 Å². The normalized spacial score (nSPS) is 24.4. The van der Waals surface area contributed by atoms with Crippen LogP contribution in [0.1, 0.15) is 26.2 Å². The molecule has 0 radical (unpaired) electrons. The Hall–Kier alpha value is -3.45. The van der Waals surface area contributed by atoms with Crippen molar-refractivity contribution in [3.8, 4) is 5.75 Å². The van der Waals surface area contributed by atoms with Crippen LogP contribution in [0.3, 0.4) is 0 Å². The van der Waals surface area contributed by atoms with Gasteiger partial charge in [-0.1, -0.05) is 29.3 Å². The molecule has 3 amide bonds. The van der Waals surface area contributed by atoms with E-state index < -0.39 is 11.9 Å². The lowest BCUT2D eigenvalue weighted by molar-refractivity contribution is -0.139. The number of carbonyl (C=O) groups is 4. The fourth-order valence-corrected chi connectivity index (χ4v) is 5.04. The Morgan fingerprint density at radius 1 is 0.971 bits per heavy atom. The molecule has 174 valence electrons. The third-order valence-electron chi connectivity index (χ3n) is 6.71. The Labute approximate surface area is 201 Å². The third-order valence-corrected chi connectivity index (χ3v) is 6.97. The first-order valence-electron chi connectivity index (χ1n) is 11.2. The van der Waals surface area contributed by atoms with Crippen molar-refractivity contribution in [2.75, 3.05) is 16.3 Å². The summed E-state index contributed by atoms with van der Waals surface area (Å²) >= 11 is 5.92. The first-order valence-corrected chi connectivity index (χ1v) is 11.6. The van der Waals surface area contributed by atoms with Crippen molar-refractivity contribution in [1.29, 1.82) is 0 Å². The van der Waals surface area contributed by atoms with Gasteiger partial charge in [-0.3, -0.25) is 19.2 Å². The summed E-state index contributed by atoms with van der Waals surface area (Å²) in [6.07, 6.45) is 3.20. The molecule has 0 saturated carbocycles. The average Bonchev–Trinajstić information content (AvgIpc) is 3.32. The minimum atomic E-state index is -0.626. The van der Waals surface area contributed by atoms with Crippen LogP contribution in [0, 0.1) is 17.8 Å². The van der Waals surface area contributed by atoms with Gasteiger partial charge < -0.3 is 9.64 Å². The Balaban J connectivity index is 1.29. The Morgan fingerprint density at radius 3 is 2.47 bits per heavy atom. The van der Waals surface area contributed by atoms with Gasteiger partial charge in [-0.05, 0) is 56.2 Å². The van der Waals surface area contributed by atoms with E-state index in [-0.39, 0.29) is 48.3 Å². The molecule has 1 aliphatic carbocycles. The van der Waals surface area contributed by atoms with Crippen LogP contribution in [-0.4, -0.2) is 30.2 Å². The number of nitrogens with zero attached hydrogens (tertiary/aromatic N) is 2. The number of amides is 3. The summed E-state index contributed by atoms with van der Waals surface area (Å²) in [5, 5.41) is 0.562. The predicted octanol–water partition coefficient (Wildman–Crippen LogP) is 4.14. The smallest absolute Gasteiger partial charge is 0.316 e. The molecular weight excluding hydrogens is 456 g/mol. The maximum absolute atomic E-state index is 13.0. The lowest BCUT2D eigenvalue weighted by Gasteiger charge is -2.18. The molecule has 0 unspecified atom stereocenters. The lowest BCUT2D eigenvalue weighted by Crippen LogP contribution is -2.31. The number of ether oxygens (including phenoxy) is 1. The maximum atomic E-state index is 13.0. The number of carbonyl (C=O) groups excluding carboxylic acids is 4. The number of allylic oxidation sites excluding steroid dienone is 2. The standard InChI is InChI=1S/C26H23ClN2O5/c1-15-5-10-21-22(11-15)25(32)29(24(21)31)19-3-2-4-20(13-19)34-26(33)16-12-23(30)28(14-16)18-8-6-17(27)7-9-18/h2-9,13,16,21-22H,10-12,14H2,1H3/t16-,21+,22-/m1/s1. The molecule has 0 N–H and O–H groups in total. The van der Waals surface area contributed by atoms with Crippen LogP contribution in [0.25, 0.3) is 0 Å². The van der Waals surface area contributed by atoms with Gasteiger partial charge in [0, 0.05) is 29.7 Å². The molecule has 5 rings (SSSR count). The molecule has 7 nitrogen and oxygen atoms in total. The Kier molecular flexibility index (Phi) is 5.73. The fourth-order valence-electron chi connectivity index (χ4n) is 4.91. The van der Waals surface area contributed by atoms with Gasteiger partial charge in [-0.2, -0.15) is 0 Å². The number of fused-ring (bicyclic) bond motifs is 1. The van der Waals surface area contributed by atoms with Gasteiger partial charge in [-0.15, -0.1) is 0 Å². The van der Waals surface area contributed by atoms with Gasteiger partial charge in [0.15, 0.2) is 0 Å². The SMILES string of the molecule is CC1=CC[C@@H]2C(=O)N(c3cccc(OC(=O)[C@@H]4CC(=O)N(c5ccc(Cl)cc5)C4)c3)C(=O)[C@@H]2C1. The van der Waals surface area contributed by atoms with Crippen molar-refractivity contribution in [2.45, 2.75) is 26.2 Å². The zero-order valence-electron chi connectivity index (χ0n) is 18.6. The molecule has 2 saturated heterocycles. The molecule has 2 fully saturated rings.